The fourth-order valence-electron chi connectivity index (χ4n) is 1.26. The standard InChI is InChI=1S/C8H13Cl2NO2S/c1-4-5-11-6(12)7(2,9)8(3,10)14(11)13/h4-5H2,1-3H3. The van der Waals surface area contributed by atoms with Gasteiger partial charge in [0.1, 0.15) is 0 Å². The van der Waals surface area contributed by atoms with Crippen LogP contribution in [-0.2, 0) is 16.2 Å². The van der Waals surface area contributed by atoms with Crippen LogP contribution in [0.15, 0.2) is 0 Å². The zero-order valence-corrected chi connectivity index (χ0v) is 10.7. The molecule has 0 aromatic rings. The van der Waals surface area contributed by atoms with Crippen molar-refractivity contribution in [2.45, 2.75) is 36.3 Å². The highest BCUT2D eigenvalue weighted by atomic mass is 35.5. The van der Waals surface area contributed by atoms with Crippen LogP contribution in [0.25, 0.3) is 0 Å². The molecule has 1 amide bonds. The lowest BCUT2D eigenvalue weighted by Crippen LogP contribution is -2.43. The Hall–Kier alpha value is 0.360. The number of carbonyl (C=O) groups excluding carboxylic acids is 1. The Bertz CT molecular complexity index is 258. The molecule has 1 aliphatic heterocycles. The first kappa shape index (κ1) is 12.4. The monoisotopic (exact) mass is 257 g/mol. The van der Waals surface area contributed by atoms with Crippen molar-refractivity contribution in [2.75, 3.05) is 6.54 Å². The molecular weight excluding hydrogens is 245 g/mol. The summed E-state index contributed by atoms with van der Waals surface area (Å²) in [5.41, 5.74) is 0. The van der Waals surface area contributed by atoms with Gasteiger partial charge in [0, 0.05) is 6.92 Å². The first-order valence-electron chi connectivity index (χ1n) is 4.38. The molecule has 0 aromatic heterocycles. The maximum Gasteiger partial charge on any atom is 0.291 e. The van der Waals surface area contributed by atoms with Crippen LogP contribution in [-0.4, -0.2) is 30.4 Å². The van der Waals surface area contributed by atoms with E-state index in [1.807, 2.05) is 6.92 Å². The summed E-state index contributed by atoms with van der Waals surface area (Å²) in [6.45, 7) is 5.37. The van der Waals surface area contributed by atoms with Crippen molar-refractivity contribution in [1.82, 2.24) is 4.31 Å². The van der Waals surface area contributed by atoms with Crippen molar-refractivity contribution >= 4 is 40.5 Å². The number of rotatable bonds is 2. The average molecular weight is 258 g/mol. The Kier molecular flexibility index (Phi) is 3.32. The van der Waals surface area contributed by atoms with E-state index in [4.69, 9.17) is 23.2 Å². The summed E-state index contributed by atoms with van der Waals surface area (Å²) in [5, 5.41) is 0. The third-order valence-electron chi connectivity index (χ3n) is 2.42. The van der Waals surface area contributed by atoms with E-state index in [1.54, 1.807) is 0 Å². The molecule has 3 nitrogen and oxygen atoms in total. The van der Waals surface area contributed by atoms with Crippen LogP contribution < -0.4 is 0 Å². The van der Waals surface area contributed by atoms with Gasteiger partial charge in [-0.25, -0.2) is 0 Å². The molecule has 1 fully saturated rings. The molecule has 1 rings (SSSR count). The van der Waals surface area contributed by atoms with Crippen LogP contribution in [0.5, 0.6) is 0 Å². The van der Waals surface area contributed by atoms with Gasteiger partial charge in [0.15, 0.2) is 4.87 Å². The lowest BCUT2D eigenvalue weighted by Gasteiger charge is -2.24. The summed E-state index contributed by atoms with van der Waals surface area (Å²) in [7, 11) is 0. The number of nitrogens with zero attached hydrogens (tertiary/aromatic N) is 1. The third kappa shape index (κ3) is 1.52. The van der Waals surface area contributed by atoms with Gasteiger partial charge in [0.05, 0.1) is 17.9 Å². The fraction of sp³-hybridized carbons (Fsp3) is 0.875. The van der Waals surface area contributed by atoms with Crippen LogP contribution >= 0.6 is 23.2 Å². The highest BCUT2D eigenvalue weighted by Crippen LogP contribution is 2.48. The molecule has 0 aromatic carbocycles. The quantitative estimate of drug-likeness (QED) is 0.560. The van der Waals surface area contributed by atoms with Crippen molar-refractivity contribution in [3.63, 3.8) is 0 Å². The largest absolute Gasteiger partial charge is 0.591 e. The van der Waals surface area contributed by atoms with Crippen molar-refractivity contribution in [1.29, 1.82) is 0 Å². The molecule has 14 heavy (non-hydrogen) atoms. The molecule has 1 saturated heterocycles. The fourth-order valence-corrected chi connectivity index (χ4v) is 3.45. The van der Waals surface area contributed by atoms with Crippen LogP contribution in [0.1, 0.15) is 27.2 Å². The minimum atomic E-state index is -1.55. The van der Waals surface area contributed by atoms with Crippen LogP contribution in [0.2, 0.25) is 0 Å². The highest BCUT2D eigenvalue weighted by molar-refractivity contribution is 7.93. The topological polar surface area (TPSA) is 43.4 Å². The van der Waals surface area contributed by atoms with E-state index in [2.05, 4.69) is 0 Å². The molecule has 1 heterocycles. The van der Waals surface area contributed by atoms with Gasteiger partial charge in [-0.2, -0.15) is 4.31 Å². The predicted molar refractivity (Wildman–Crippen MR) is 58.7 cm³/mol. The van der Waals surface area contributed by atoms with Gasteiger partial charge in [-0.3, -0.25) is 4.79 Å². The van der Waals surface area contributed by atoms with Crippen molar-refractivity contribution in [2.24, 2.45) is 0 Å². The molecule has 6 heteroatoms. The second-order valence-corrected chi connectivity index (χ2v) is 7.07. The van der Waals surface area contributed by atoms with E-state index in [0.717, 1.165) is 6.42 Å². The van der Waals surface area contributed by atoms with Crippen LogP contribution in [0, 0.1) is 0 Å². The molecule has 0 radical (unpaired) electrons. The first-order chi connectivity index (χ1) is 6.26. The number of alkyl halides is 2. The molecule has 0 saturated carbocycles. The van der Waals surface area contributed by atoms with Gasteiger partial charge in [-0.1, -0.05) is 18.5 Å². The molecular formula is C8H13Cl2NO2S. The minimum absolute atomic E-state index is 0.350. The molecule has 3 atom stereocenters. The summed E-state index contributed by atoms with van der Waals surface area (Å²) in [4.78, 5) is 10.5. The zero-order chi connectivity index (χ0) is 11.1. The molecule has 0 aliphatic carbocycles. The summed E-state index contributed by atoms with van der Waals surface area (Å²) in [6, 6.07) is 0. The Labute approximate surface area is 97.0 Å². The summed E-state index contributed by atoms with van der Waals surface area (Å²) in [6.07, 6.45) is 0.734. The van der Waals surface area contributed by atoms with Gasteiger partial charge in [0.25, 0.3) is 5.91 Å². The second-order valence-electron chi connectivity index (χ2n) is 3.58. The Morgan fingerprint density at radius 3 is 2.29 bits per heavy atom. The van der Waals surface area contributed by atoms with Gasteiger partial charge < -0.3 is 4.55 Å². The summed E-state index contributed by atoms with van der Waals surface area (Å²) >= 11 is 10.5. The van der Waals surface area contributed by atoms with E-state index >= 15 is 0 Å². The van der Waals surface area contributed by atoms with E-state index in [-0.39, 0.29) is 5.91 Å². The van der Waals surface area contributed by atoms with Gasteiger partial charge in [-0.15, -0.1) is 11.6 Å². The van der Waals surface area contributed by atoms with Crippen LogP contribution in [0.3, 0.4) is 0 Å². The van der Waals surface area contributed by atoms with Gasteiger partial charge in [-0.05, 0) is 13.3 Å². The maximum absolute atomic E-state index is 11.8. The smallest absolute Gasteiger partial charge is 0.291 e. The van der Waals surface area contributed by atoms with E-state index in [1.165, 1.54) is 18.2 Å². The lowest BCUT2D eigenvalue weighted by atomic mass is 10.1. The number of hydrogen-bond acceptors (Lipinski definition) is 2. The maximum atomic E-state index is 11.8. The lowest BCUT2D eigenvalue weighted by molar-refractivity contribution is -0.127. The molecule has 3 unspecified atom stereocenters. The normalized spacial score (nSPS) is 43.4. The first-order valence-corrected chi connectivity index (χ1v) is 6.25. The summed E-state index contributed by atoms with van der Waals surface area (Å²) < 4.78 is 11.9. The van der Waals surface area contributed by atoms with Crippen molar-refractivity contribution < 1.29 is 9.35 Å². The second kappa shape index (κ2) is 3.74. The van der Waals surface area contributed by atoms with E-state index < -0.39 is 20.4 Å². The van der Waals surface area contributed by atoms with Crippen LogP contribution in [0.4, 0.5) is 0 Å². The molecule has 82 valence electrons. The third-order valence-corrected chi connectivity index (χ3v) is 5.76. The Morgan fingerprint density at radius 1 is 1.50 bits per heavy atom. The van der Waals surface area contributed by atoms with Crippen molar-refractivity contribution in [3.05, 3.63) is 0 Å². The average Bonchev–Trinajstić information content (AvgIpc) is 2.19. The predicted octanol–water partition coefficient (Wildman–Crippen LogP) is 1.85. The van der Waals surface area contributed by atoms with E-state index in [9.17, 15) is 9.35 Å². The Balaban J connectivity index is 3.03. The van der Waals surface area contributed by atoms with Gasteiger partial charge >= 0.3 is 0 Å². The van der Waals surface area contributed by atoms with E-state index in [0.29, 0.717) is 6.54 Å². The number of amides is 1. The Morgan fingerprint density at radius 2 is 2.00 bits per heavy atom. The zero-order valence-electron chi connectivity index (χ0n) is 8.34. The molecule has 1 aliphatic rings. The molecule has 0 spiro atoms. The van der Waals surface area contributed by atoms with Gasteiger partial charge in [0.2, 0.25) is 4.21 Å². The minimum Gasteiger partial charge on any atom is -0.591 e. The number of hydrogen-bond donors (Lipinski definition) is 0. The SMILES string of the molecule is CCCN1C(=O)C(C)(Cl)C(C)(Cl)[S+]1[O-]. The van der Waals surface area contributed by atoms with Crippen molar-refractivity contribution in [3.8, 4) is 0 Å². The summed E-state index contributed by atoms with van der Waals surface area (Å²) in [5.74, 6) is -0.350. The molecule has 0 bridgehead atoms. The molecule has 0 N–H and O–H groups in total. The number of halogens is 2. The highest BCUT2D eigenvalue weighted by Gasteiger charge is 2.68. The number of carbonyl (C=O) groups is 1.